The normalized spacial score (nSPS) is 26.4. The van der Waals surface area contributed by atoms with Gasteiger partial charge in [0.25, 0.3) is 0 Å². The first-order valence-electron chi connectivity index (χ1n) is 7.87. The third-order valence-corrected chi connectivity index (χ3v) is 4.37. The molecule has 0 radical (unpaired) electrons. The molecule has 1 aliphatic rings. The van der Waals surface area contributed by atoms with Gasteiger partial charge < -0.3 is 4.74 Å². The lowest BCUT2D eigenvalue weighted by atomic mass is 9.75. The molecule has 2 atom stereocenters. The van der Waals surface area contributed by atoms with Crippen molar-refractivity contribution in [2.75, 3.05) is 6.61 Å². The van der Waals surface area contributed by atoms with Crippen LogP contribution in [0.25, 0.3) is 0 Å². The van der Waals surface area contributed by atoms with E-state index in [1.54, 1.807) is 0 Å². The van der Waals surface area contributed by atoms with E-state index in [0.29, 0.717) is 24.7 Å². The molecule has 0 amide bonds. The van der Waals surface area contributed by atoms with Gasteiger partial charge in [0.2, 0.25) is 0 Å². The topological polar surface area (TPSA) is 26.3 Å². The van der Waals surface area contributed by atoms with Crippen LogP contribution in [0.1, 0.15) is 51.5 Å². The highest BCUT2D eigenvalue weighted by atomic mass is 16.5. The molecule has 1 saturated carbocycles. The molecule has 20 heavy (non-hydrogen) atoms. The highest BCUT2D eigenvalue weighted by Gasteiger charge is 2.41. The van der Waals surface area contributed by atoms with Gasteiger partial charge in [0.05, 0.1) is 0 Å². The van der Waals surface area contributed by atoms with Crippen molar-refractivity contribution in [2.45, 2.75) is 58.0 Å². The standard InChI is InChI=1S/C18H26O2/c1-3-20-18(13-7-8-15(2)14-18)17(19)12-11-16-9-5-4-6-10-16/h4-6,9-10,15H,3,7-8,11-14H2,1-2H3. The Morgan fingerprint density at radius 3 is 2.75 bits per heavy atom. The van der Waals surface area contributed by atoms with Crippen LogP contribution in [-0.2, 0) is 16.0 Å². The van der Waals surface area contributed by atoms with Crippen LogP contribution in [0.3, 0.4) is 0 Å². The molecule has 0 saturated heterocycles. The largest absolute Gasteiger partial charge is 0.367 e. The summed E-state index contributed by atoms with van der Waals surface area (Å²) in [6, 6.07) is 10.2. The third kappa shape index (κ3) is 3.69. The first-order valence-corrected chi connectivity index (χ1v) is 7.87. The summed E-state index contributed by atoms with van der Waals surface area (Å²) in [7, 11) is 0. The van der Waals surface area contributed by atoms with E-state index in [-0.39, 0.29) is 0 Å². The molecule has 1 aromatic carbocycles. The van der Waals surface area contributed by atoms with Crippen molar-refractivity contribution in [3.63, 3.8) is 0 Å². The number of hydrogen-bond donors (Lipinski definition) is 0. The van der Waals surface area contributed by atoms with E-state index in [2.05, 4.69) is 19.1 Å². The summed E-state index contributed by atoms with van der Waals surface area (Å²) in [4.78, 5) is 12.7. The fourth-order valence-electron chi connectivity index (χ4n) is 3.37. The van der Waals surface area contributed by atoms with Crippen molar-refractivity contribution in [3.8, 4) is 0 Å². The third-order valence-electron chi connectivity index (χ3n) is 4.37. The van der Waals surface area contributed by atoms with E-state index in [1.807, 2.05) is 25.1 Å². The molecular weight excluding hydrogens is 248 g/mol. The summed E-state index contributed by atoms with van der Waals surface area (Å²) in [6.07, 6.45) is 5.55. The van der Waals surface area contributed by atoms with Gasteiger partial charge in [-0.05, 0) is 44.1 Å². The fraction of sp³-hybridized carbons (Fsp3) is 0.611. The second-order valence-corrected chi connectivity index (χ2v) is 6.04. The Labute approximate surface area is 122 Å². The zero-order valence-corrected chi connectivity index (χ0v) is 12.7. The lowest BCUT2D eigenvalue weighted by Crippen LogP contribution is -2.45. The van der Waals surface area contributed by atoms with Crippen molar-refractivity contribution in [3.05, 3.63) is 35.9 Å². The van der Waals surface area contributed by atoms with Gasteiger partial charge in [0, 0.05) is 13.0 Å². The fourth-order valence-corrected chi connectivity index (χ4v) is 3.37. The number of ether oxygens (including phenoxy) is 1. The van der Waals surface area contributed by atoms with E-state index >= 15 is 0 Å². The molecule has 0 aromatic heterocycles. The van der Waals surface area contributed by atoms with Crippen LogP contribution < -0.4 is 0 Å². The van der Waals surface area contributed by atoms with E-state index in [1.165, 1.54) is 12.0 Å². The van der Waals surface area contributed by atoms with Gasteiger partial charge in [-0.25, -0.2) is 0 Å². The van der Waals surface area contributed by atoms with Crippen LogP contribution in [-0.4, -0.2) is 18.0 Å². The Kier molecular flexibility index (Phi) is 5.36. The molecule has 0 spiro atoms. The second kappa shape index (κ2) is 7.03. The minimum atomic E-state index is -0.499. The lowest BCUT2D eigenvalue weighted by molar-refractivity contribution is -0.151. The molecule has 1 aromatic rings. The first-order chi connectivity index (χ1) is 9.66. The Balaban J connectivity index is 2.00. The number of ketones is 1. The van der Waals surface area contributed by atoms with E-state index in [0.717, 1.165) is 25.7 Å². The van der Waals surface area contributed by atoms with E-state index in [4.69, 9.17) is 4.74 Å². The van der Waals surface area contributed by atoms with Crippen LogP contribution >= 0.6 is 0 Å². The molecule has 0 bridgehead atoms. The summed E-state index contributed by atoms with van der Waals surface area (Å²) in [5.74, 6) is 0.894. The molecule has 0 aliphatic heterocycles. The average Bonchev–Trinajstić information content (AvgIpc) is 2.46. The molecule has 2 heteroatoms. The first kappa shape index (κ1) is 15.2. The number of rotatable bonds is 6. The molecule has 1 aliphatic carbocycles. The number of carbonyl (C=O) groups excluding carboxylic acids is 1. The minimum Gasteiger partial charge on any atom is -0.367 e. The SMILES string of the molecule is CCOC1(C(=O)CCc2ccccc2)CCCC(C)C1. The van der Waals surface area contributed by atoms with E-state index in [9.17, 15) is 4.79 Å². The molecule has 0 N–H and O–H groups in total. The summed E-state index contributed by atoms with van der Waals surface area (Å²) in [5, 5.41) is 0. The molecule has 2 rings (SSSR count). The molecule has 2 unspecified atom stereocenters. The maximum absolute atomic E-state index is 12.7. The zero-order valence-electron chi connectivity index (χ0n) is 12.7. The minimum absolute atomic E-state index is 0.301. The Bertz CT molecular complexity index is 422. The van der Waals surface area contributed by atoms with Crippen molar-refractivity contribution in [1.29, 1.82) is 0 Å². The Morgan fingerprint density at radius 1 is 1.35 bits per heavy atom. The monoisotopic (exact) mass is 274 g/mol. The maximum atomic E-state index is 12.7. The zero-order chi connectivity index (χ0) is 14.4. The van der Waals surface area contributed by atoms with Crippen molar-refractivity contribution >= 4 is 5.78 Å². The van der Waals surface area contributed by atoms with Crippen LogP contribution in [0.4, 0.5) is 0 Å². The van der Waals surface area contributed by atoms with Crippen molar-refractivity contribution in [2.24, 2.45) is 5.92 Å². The van der Waals surface area contributed by atoms with Crippen LogP contribution in [0, 0.1) is 5.92 Å². The van der Waals surface area contributed by atoms with Crippen LogP contribution in [0.2, 0.25) is 0 Å². The highest BCUT2D eigenvalue weighted by molar-refractivity contribution is 5.87. The quantitative estimate of drug-likeness (QED) is 0.778. The number of aryl methyl sites for hydroxylation is 1. The van der Waals surface area contributed by atoms with Crippen LogP contribution in [0.15, 0.2) is 30.3 Å². The number of carbonyl (C=O) groups is 1. The highest BCUT2D eigenvalue weighted by Crippen LogP contribution is 2.36. The second-order valence-electron chi connectivity index (χ2n) is 6.04. The summed E-state index contributed by atoms with van der Waals surface area (Å²) < 4.78 is 5.94. The smallest absolute Gasteiger partial charge is 0.164 e. The molecular formula is C18H26O2. The van der Waals surface area contributed by atoms with Crippen molar-refractivity contribution in [1.82, 2.24) is 0 Å². The van der Waals surface area contributed by atoms with Gasteiger partial charge in [0.1, 0.15) is 5.60 Å². The lowest BCUT2D eigenvalue weighted by Gasteiger charge is -2.38. The molecule has 0 heterocycles. The van der Waals surface area contributed by atoms with E-state index < -0.39 is 5.60 Å². The number of Topliss-reactive ketones (excluding diaryl/α,β-unsaturated/α-hetero) is 1. The van der Waals surface area contributed by atoms with Gasteiger partial charge >= 0.3 is 0 Å². The van der Waals surface area contributed by atoms with Gasteiger partial charge in [-0.3, -0.25) is 4.79 Å². The van der Waals surface area contributed by atoms with Gasteiger partial charge in [-0.1, -0.05) is 43.7 Å². The predicted molar refractivity (Wildman–Crippen MR) is 81.8 cm³/mol. The summed E-state index contributed by atoms with van der Waals surface area (Å²) >= 11 is 0. The molecule has 2 nitrogen and oxygen atoms in total. The van der Waals surface area contributed by atoms with Gasteiger partial charge in [-0.15, -0.1) is 0 Å². The van der Waals surface area contributed by atoms with Gasteiger partial charge in [-0.2, -0.15) is 0 Å². The number of hydrogen-bond acceptors (Lipinski definition) is 2. The van der Waals surface area contributed by atoms with Gasteiger partial charge in [0.15, 0.2) is 5.78 Å². The van der Waals surface area contributed by atoms with Crippen molar-refractivity contribution < 1.29 is 9.53 Å². The molecule has 1 fully saturated rings. The molecule has 110 valence electrons. The maximum Gasteiger partial charge on any atom is 0.164 e. The summed E-state index contributed by atoms with van der Waals surface area (Å²) in [6.45, 7) is 4.85. The Morgan fingerprint density at radius 2 is 2.10 bits per heavy atom. The average molecular weight is 274 g/mol. The Hall–Kier alpha value is -1.15. The van der Waals surface area contributed by atoms with Crippen LogP contribution in [0.5, 0.6) is 0 Å². The summed E-state index contributed by atoms with van der Waals surface area (Å²) in [5.41, 5.74) is 0.734. The predicted octanol–water partition coefficient (Wildman–Crippen LogP) is 4.17. The number of benzene rings is 1.